The van der Waals surface area contributed by atoms with Crippen molar-refractivity contribution in [2.45, 2.75) is 13.0 Å². The summed E-state index contributed by atoms with van der Waals surface area (Å²) in [5, 5.41) is 15.8. The van der Waals surface area contributed by atoms with E-state index in [-0.39, 0.29) is 6.10 Å². The van der Waals surface area contributed by atoms with Gasteiger partial charge in [0.15, 0.2) is 11.9 Å². The van der Waals surface area contributed by atoms with E-state index >= 15 is 0 Å². The summed E-state index contributed by atoms with van der Waals surface area (Å²) in [5.41, 5.74) is 7.47. The van der Waals surface area contributed by atoms with E-state index in [1.165, 1.54) is 0 Å². The minimum atomic E-state index is -0.351. The summed E-state index contributed by atoms with van der Waals surface area (Å²) in [6.45, 7) is 1.86. The first-order valence-corrected chi connectivity index (χ1v) is 7.50. The third kappa shape index (κ3) is 2.56. The standard InChI is InChI=1S/C17H15N5O2/c1-10(23-12-5-3-2-4-6-12)16-21-22-17(24-16)11-7-8-14-13(9-11)15(18)20-19-14/h2-10H,1H3,(H3,18,19,20)/t10-/m1/s1. The maximum Gasteiger partial charge on any atom is 0.257 e. The Bertz CT molecular complexity index is 977. The number of benzene rings is 2. The molecule has 0 bridgehead atoms. The number of nitrogen functional groups attached to an aromatic ring is 1. The molecule has 3 N–H and O–H groups in total. The van der Waals surface area contributed by atoms with Gasteiger partial charge in [-0.25, -0.2) is 0 Å². The van der Waals surface area contributed by atoms with Crippen molar-refractivity contribution in [1.29, 1.82) is 0 Å². The van der Waals surface area contributed by atoms with Gasteiger partial charge in [-0.05, 0) is 37.3 Å². The number of anilines is 1. The summed E-state index contributed by atoms with van der Waals surface area (Å²) in [5.74, 6) is 2.01. The summed E-state index contributed by atoms with van der Waals surface area (Å²) >= 11 is 0. The number of hydrogen-bond acceptors (Lipinski definition) is 6. The lowest BCUT2D eigenvalue weighted by molar-refractivity contribution is 0.189. The lowest BCUT2D eigenvalue weighted by atomic mass is 10.1. The number of aromatic nitrogens is 4. The number of nitrogens with one attached hydrogen (secondary N) is 1. The van der Waals surface area contributed by atoms with Gasteiger partial charge in [-0.2, -0.15) is 5.10 Å². The van der Waals surface area contributed by atoms with Gasteiger partial charge in [-0.15, -0.1) is 10.2 Å². The highest BCUT2D eigenvalue weighted by molar-refractivity contribution is 5.91. The highest BCUT2D eigenvalue weighted by Crippen LogP contribution is 2.27. The molecule has 0 aliphatic rings. The van der Waals surface area contributed by atoms with E-state index in [1.807, 2.05) is 55.5 Å². The Kier molecular flexibility index (Phi) is 3.38. The molecule has 0 spiro atoms. The quantitative estimate of drug-likeness (QED) is 0.597. The van der Waals surface area contributed by atoms with Crippen LogP contribution >= 0.6 is 0 Å². The number of fused-ring (bicyclic) bond motifs is 1. The highest BCUT2D eigenvalue weighted by atomic mass is 16.5. The number of H-pyrrole nitrogens is 1. The van der Waals surface area contributed by atoms with Crippen molar-refractivity contribution in [3.05, 3.63) is 54.4 Å². The van der Waals surface area contributed by atoms with Crippen LogP contribution < -0.4 is 10.5 Å². The highest BCUT2D eigenvalue weighted by Gasteiger charge is 2.17. The predicted molar refractivity (Wildman–Crippen MR) is 89.3 cm³/mol. The maximum absolute atomic E-state index is 5.83. The van der Waals surface area contributed by atoms with Crippen molar-refractivity contribution in [1.82, 2.24) is 20.4 Å². The van der Waals surface area contributed by atoms with Crippen molar-refractivity contribution in [3.63, 3.8) is 0 Å². The van der Waals surface area contributed by atoms with E-state index < -0.39 is 0 Å². The molecule has 0 fully saturated rings. The van der Waals surface area contributed by atoms with Crippen LogP contribution in [0.15, 0.2) is 52.9 Å². The van der Waals surface area contributed by atoms with Crippen molar-refractivity contribution >= 4 is 16.7 Å². The molecule has 2 heterocycles. The lowest BCUT2D eigenvalue weighted by Gasteiger charge is -2.10. The van der Waals surface area contributed by atoms with Crippen molar-refractivity contribution < 1.29 is 9.15 Å². The second kappa shape index (κ2) is 5.69. The van der Waals surface area contributed by atoms with Gasteiger partial charge >= 0.3 is 0 Å². The minimum absolute atomic E-state index is 0.351. The van der Waals surface area contributed by atoms with Crippen LogP contribution in [-0.2, 0) is 0 Å². The van der Waals surface area contributed by atoms with Crippen molar-refractivity contribution in [3.8, 4) is 17.2 Å². The van der Waals surface area contributed by atoms with Crippen LogP contribution in [0.25, 0.3) is 22.4 Å². The van der Waals surface area contributed by atoms with Gasteiger partial charge in [0.05, 0.1) is 5.52 Å². The second-order valence-corrected chi connectivity index (χ2v) is 5.39. The Balaban J connectivity index is 1.60. The maximum atomic E-state index is 5.83. The van der Waals surface area contributed by atoms with E-state index in [0.717, 1.165) is 22.2 Å². The summed E-state index contributed by atoms with van der Waals surface area (Å²) < 4.78 is 11.5. The van der Waals surface area contributed by atoms with Crippen LogP contribution in [0.5, 0.6) is 5.75 Å². The first kappa shape index (κ1) is 14.3. The molecule has 0 saturated heterocycles. The van der Waals surface area contributed by atoms with E-state index in [2.05, 4.69) is 20.4 Å². The number of nitrogens with zero attached hydrogens (tertiary/aromatic N) is 3. The van der Waals surface area contributed by atoms with Crippen molar-refractivity contribution in [2.75, 3.05) is 5.73 Å². The monoisotopic (exact) mass is 321 g/mol. The molecule has 1 atom stereocenters. The zero-order chi connectivity index (χ0) is 16.5. The Hall–Kier alpha value is -3.35. The SMILES string of the molecule is C[C@@H](Oc1ccccc1)c1nnc(-c2ccc3[nH]nc(N)c3c2)o1. The van der Waals surface area contributed by atoms with Gasteiger partial charge in [-0.1, -0.05) is 18.2 Å². The molecule has 0 unspecified atom stereocenters. The molecule has 4 rings (SSSR count). The molecule has 0 aliphatic heterocycles. The summed E-state index contributed by atoms with van der Waals surface area (Å²) in [7, 11) is 0. The molecule has 0 aliphatic carbocycles. The molecule has 2 aromatic carbocycles. The molecular weight excluding hydrogens is 306 g/mol. The zero-order valence-corrected chi connectivity index (χ0v) is 12.9. The molecular formula is C17H15N5O2. The van der Waals surface area contributed by atoms with E-state index in [0.29, 0.717) is 17.6 Å². The number of hydrogen-bond donors (Lipinski definition) is 2. The molecule has 0 radical (unpaired) electrons. The van der Waals surface area contributed by atoms with Crippen LogP contribution in [0.1, 0.15) is 18.9 Å². The first-order valence-electron chi connectivity index (χ1n) is 7.50. The van der Waals surface area contributed by atoms with Crippen LogP contribution in [0, 0.1) is 0 Å². The molecule has 0 amide bonds. The number of nitrogens with two attached hydrogens (primary N) is 1. The molecule has 0 saturated carbocycles. The van der Waals surface area contributed by atoms with Gasteiger partial charge in [-0.3, -0.25) is 5.10 Å². The number of para-hydroxylation sites is 1. The van der Waals surface area contributed by atoms with Crippen LogP contribution in [0.4, 0.5) is 5.82 Å². The molecule has 7 heteroatoms. The zero-order valence-electron chi connectivity index (χ0n) is 12.9. The van der Waals surface area contributed by atoms with Gasteiger partial charge in [0.25, 0.3) is 5.89 Å². The second-order valence-electron chi connectivity index (χ2n) is 5.39. The van der Waals surface area contributed by atoms with Crippen LogP contribution in [0.3, 0.4) is 0 Å². The van der Waals surface area contributed by atoms with E-state index in [4.69, 9.17) is 14.9 Å². The predicted octanol–water partition coefficient (Wildman–Crippen LogP) is 3.34. The summed E-state index contributed by atoms with van der Waals surface area (Å²) in [6.07, 6.45) is -0.351. The van der Waals surface area contributed by atoms with Gasteiger partial charge < -0.3 is 14.9 Å². The Morgan fingerprint density at radius 1 is 1.12 bits per heavy atom. The van der Waals surface area contributed by atoms with Gasteiger partial charge in [0.1, 0.15) is 5.75 Å². The largest absolute Gasteiger partial charge is 0.481 e. The fourth-order valence-electron chi connectivity index (χ4n) is 2.44. The molecule has 7 nitrogen and oxygen atoms in total. The lowest BCUT2D eigenvalue weighted by Crippen LogP contribution is -2.03. The molecule has 2 aromatic heterocycles. The molecule has 120 valence electrons. The fraction of sp³-hybridized carbons (Fsp3) is 0.118. The third-order valence-electron chi connectivity index (χ3n) is 3.68. The molecule has 24 heavy (non-hydrogen) atoms. The number of rotatable bonds is 4. The van der Waals surface area contributed by atoms with Crippen LogP contribution in [0.2, 0.25) is 0 Å². The Labute approximate surface area is 137 Å². The Morgan fingerprint density at radius 2 is 1.96 bits per heavy atom. The van der Waals surface area contributed by atoms with E-state index in [1.54, 1.807) is 0 Å². The van der Waals surface area contributed by atoms with Crippen molar-refractivity contribution in [2.24, 2.45) is 0 Å². The topological polar surface area (TPSA) is 103 Å². The normalized spacial score (nSPS) is 12.4. The first-order chi connectivity index (χ1) is 11.7. The summed E-state index contributed by atoms with van der Waals surface area (Å²) in [6, 6.07) is 15.1. The number of ether oxygens (including phenoxy) is 1. The third-order valence-corrected chi connectivity index (χ3v) is 3.68. The van der Waals surface area contributed by atoms with Gasteiger partial charge in [0.2, 0.25) is 5.89 Å². The average Bonchev–Trinajstić information content (AvgIpc) is 3.23. The minimum Gasteiger partial charge on any atom is -0.481 e. The Morgan fingerprint density at radius 3 is 2.79 bits per heavy atom. The smallest absolute Gasteiger partial charge is 0.257 e. The molecule has 4 aromatic rings. The number of aromatic amines is 1. The fourth-order valence-corrected chi connectivity index (χ4v) is 2.44. The van der Waals surface area contributed by atoms with Gasteiger partial charge in [0, 0.05) is 10.9 Å². The van der Waals surface area contributed by atoms with Crippen LogP contribution in [-0.4, -0.2) is 20.4 Å². The summed E-state index contributed by atoms with van der Waals surface area (Å²) in [4.78, 5) is 0. The van der Waals surface area contributed by atoms with E-state index in [9.17, 15) is 0 Å². The average molecular weight is 321 g/mol.